The lowest BCUT2D eigenvalue weighted by atomic mass is 10.1. The predicted octanol–water partition coefficient (Wildman–Crippen LogP) is 2.72. The number of nitro benzene ring substituents is 1. The van der Waals surface area contributed by atoms with Gasteiger partial charge >= 0.3 is 5.97 Å². The maximum atomic E-state index is 12.7. The molecule has 3 aromatic rings. The molecular formula is C21H18N4O6. The Balaban J connectivity index is 1.42. The molecule has 1 fully saturated rings. The molecule has 0 unspecified atom stereocenters. The van der Waals surface area contributed by atoms with Gasteiger partial charge in [0, 0.05) is 36.8 Å². The number of esters is 1. The van der Waals surface area contributed by atoms with Crippen LogP contribution in [-0.4, -0.2) is 51.0 Å². The number of amides is 1. The third-order valence-electron chi connectivity index (χ3n) is 5.03. The summed E-state index contributed by atoms with van der Waals surface area (Å²) >= 11 is 0. The molecule has 158 valence electrons. The van der Waals surface area contributed by atoms with Crippen LogP contribution in [0.4, 0.5) is 5.69 Å². The highest BCUT2D eigenvalue weighted by molar-refractivity contribution is 5.97. The molecule has 3 heterocycles. The fourth-order valence-corrected chi connectivity index (χ4v) is 3.57. The molecule has 4 rings (SSSR count). The van der Waals surface area contributed by atoms with Gasteiger partial charge in [0.25, 0.3) is 11.6 Å². The topological polar surface area (TPSA) is 125 Å². The molecule has 1 aliphatic rings. The molecule has 10 heteroatoms. The van der Waals surface area contributed by atoms with Crippen LogP contribution >= 0.6 is 0 Å². The Kier molecular flexibility index (Phi) is 5.69. The summed E-state index contributed by atoms with van der Waals surface area (Å²) in [7, 11) is 0. The average Bonchev–Trinajstić information content (AvgIpc) is 3.29. The van der Waals surface area contributed by atoms with Crippen molar-refractivity contribution in [3.63, 3.8) is 0 Å². The summed E-state index contributed by atoms with van der Waals surface area (Å²) in [4.78, 5) is 45.5. The Bertz CT molecular complexity index is 1140. The van der Waals surface area contributed by atoms with Crippen molar-refractivity contribution in [2.45, 2.75) is 18.9 Å². The third kappa shape index (κ3) is 4.13. The number of hydrogen-bond donors (Lipinski definition) is 0. The van der Waals surface area contributed by atoms with Crippen LogP contribution in [0.1, 0.15) is 23.2 Å². The molecule has 1 saturated heterocycles. The van der Waals surface area contributed by atoms with Crippen molar-refractivity contribution in [3.8, 4) is 5.75 Å². The highest BCUT2D eigenvalue weighted by atomic mass is 16.7. The summed E-state index contributed by atoms with van der Waals surface area (Å²) in [5.74, 6) is -0.572. The molecular weight excluding hydrogens is 404 g/mol. The summed E-state index contributed by atoms with van der Waals surface area (Å²) in [6.45, 7) is 0.0504. The van der Waals surface area contributed by atoms with E-state index in [2.05, 4.69) is 9.97 Å². The standard InChI is InChI=1S/C21H18N4O6/c26-20(14-7-10-22-11-8-14)24-12-2-4-17(24)21(27)31-13-30-18-6-5-16(25(28)29)15-3-1-9-23-19(15)18/h1,3,5-11,17H,2,4,12-13H2/t17-/m0/s1. The van der Waals surface area contributed by atoms with Gasteiger partial charge in [0.15, 0.2) is 0 Å². The minimum atomic E-state index is -0.698. The normalized spacial score (nSPS) is 15.6. The highest BCUT2D eigenvalue weighted by Gasteiger charge is 2.35. The van der Waals surface area contributed by atoms with Gasteiger partial charge in [-0.05, 0) is 43.2 Å². The molecule has 0 saturated carbocycles. The van der Waals surface area contributed by atoms with E-state index in [1.54, 1.807) is 24.3 Å². The van der Waals surface area contributed by atoms with Crippen molar-refractivity contribution in [3.05, 3.63) is 70.7 Å². The van der Waals surface area contributed by atoms with Gasteiger partial charge in [-0.3, -0.25) is 24.9 Å². The van der Waals surface area contributed by atoms with Gasteiger partial charge in [-0.15, -0.1) is 0 Å². The SMILES string of the molecule is O=C(OCOc1ccc([N+](=O)[O-])c2cccnc12)[C@@H]1CCCN1C(=O)c1ccncc1. The Labute approximate surface area is 176 Å². The zero-order chi connectivity index (χ0) is 21.8. The van der Waals surface area contributed by atoms with Gasteiger partial charge < -0.3 is 14.4 Å². The van der Waals surface area contributed by atoms with Crippen molar-refractivity contribution in [2.24, 2.45) is 0 Å². The van der Waals surface area contributed by atoms with E-state index >= 15 is 0 Å². The molecule has 2 aromatic heterocycles. The molecule has 0 aliphatic carbocycles. The van der Waals surface area contributed by atoms with Crippen LogP contribution in [0, 0.1) is 10.1 Å². The van der Waals surface area contributed by atoms with Gasteiger partial charge in [0.1, 0.15) is 17.3 Å². The molecule has 31 heavy (non-hydrogen) atoms. The molecule has 0 radical (unpaired) electrons. The first kappa shape index (κ1) is 20.2. The molecule has 0 spiro atoms. The fraction of sp³-hybridized carbons (Fsp3) is 0.238. The highest BCUT2D eigenvalue weighted by Crippen LogP contribution is 2.31. The number of nitro groups is 1. The van der Waals surface area contributed by atoms with Gasteiger partial charge in [-0.2, -0.15) is 0 Å². The number of benzene rings is 1. The summed E-state index contributed by atoms with van der Waals surface area (Å²) in [5, 5.41) is 11.5. The van der Waals surface area contributed by atoms with Crippen LogP contribution in [0.5, 0.6) is 5.75 Å². The molecule has 1 aromatic carbocycles. The predicted molar refractivity (Wildman–Crippen MR) is 108 cm³/mol. The van der Waals surface area contributed by atoms with Crippen LogP contribution < -0.4 is 4.74 Å². The van der Waals surface area contributed by atoms with Gasteiger partial charge in [0.2, 0.25) is 6.79 Å². The van der Waals surface area contributed by atoms with E-state index in [4.69, 9.17) is 9.47 Å². The first-order valence-corrected chi connectivity index (χ1v) is 9.59. The second kappa shape index (κ2) is 8.74. The largest absolute Gasteiger partial charge is 0.455 e. The lowest BCUT2D eigenvalue weighted by molar-refractivity contribution is -0.383. The molecule has 0 N–H and O–H groups in total. The Hall–Kier alpha value is -4.08. The molecule has 1 amide bonds. The first-order chi connectivity index (χ1) is 15.1. The summed E-state index contributed by atoms with van der Waals surface area (Å²) in [6.07, 6.45) is 5.72. The summed E-state index contributed by atoms with van der Waals surface area (Å²) in [6, 6.07) is 8.38. The third-order valence-corrected chi connectivity index (χ3v) is 5.03. The van der Waals surface area contributed by atoms with E-state index in [1.165, 1.54) is 35.6 Å². The van der Waals surface area contributed by atoms with E-state index in [-0.39, 0.29) is 17.3 Å². The van der Waals surface area contributed by atoms with Crippen molar-refractivity contribution < 1.29 is 24.0 Å². The molecule has 1 atom stereocenters. The van der Waals surface area contributed by atoms with Gasteiger partial charge in [-0.25, -0.2) is 4.79 Å². The Morgan fingerprint density at radius 1 is 1.16 bits per heavy atom. The number of aromatic nitrogens is 2. The number of hydrogen-bond acceptors (Lipinski definition) is 8. The maximum Gasteiger partial charge on any atom is 0.331 e. The number of carbonyl (C=O) groups is 2. The summed E-state index contributed by atoms with van der Waals surface area (Å²) in [5.41, 5.74) is 0.654. The smallest absolute Gasteiger partial charge is 0.331 e. The zero-order valence-corrected chi connectivity index (χ0v) is 16.3. The molecule has 10 nitrogen and oxygen atoms in total. The van der Waals surface area contributed by atoms with E-state index in [9.17, 15) is 19.7 Å². The lowest BCUT2D eigenvalue weighted by Crippen LogP contribution is -2.41. The Morgan fingerprint density at radius 3 is 2.74 bits per heavy atom. The van der Waals surface area contributed by atoms with E-state index < -0.39 is 23.7 Å². The quantitative estimate of drug-likeness (QED) is 0.257. The van der Waals surface area contributed by atoms with Crippen molar-refractivity contribution in [1.82, 2.24) is 14.9 Å². The van der Waals surface area contributed by atoms with Gasteiger partial charge in [0.05, 0.1) is 10.3 Å². The number of carbonyl (C=O) groups excluding carboxylic acids is 2. The number of non-ortho nitro benzene ring substituents is 1. The lowest BCUT2D eigenvalue weighted by Gasteiger charge is -2.23. The first-order valence-electron chi connectivity index (χ1n) is 9.59. The van der Waals surface area contributed by atoms with E-state index in [0.717, 1.165) is 0 Å². The number of likely N-dealkylation sites (tertiary alicyclic amines) is 1. The second-order valence-corrected chi connectivity index (χ2v) is 6.86. The Morgan fingerprint density at radius 2 is 1.97 bits per heavy atom. The molecule has 1 aliphatic heterocycles. The summed E-state index contributed by atoms with van der Waals surface area (Å²) < 4.78 is 10.8. The van der Waals surface area contributed by atoms with Gasteiger partial charge in [-0.1, -0.05) is 0 Å². The maximum absolute atomic E-state index is 12.7. The number of ether oxygens (including phenoxy) is 2. The van der Waals surface area contributed by atoms with Crippen LogP contribution in [0.25, 0.3) is 10.9 Å². The van der Waals surface area contributed by atoms with Crippen LogP contribution in [0.2, 0.25) is 0 Å². The zero-order valence-electron chi connectivity index (χ0n) is 16.3. The van der Waals surface area contributed by atoms with Crippen molar-refractivity contribution in [1.29, 1.82) is 0 Å². The monoisotopic (exact) mass is 422 g/mol. The van der Waals surface area contributed by atoms with E-state index in [1.807, 2.05) is 0 Å². The van der Waals surface area contributed by atoms with Crippen molar-refractivity contribution >= 4 is 28.5 Å². The molecule has 0 bridgehead atoms. The second-order valence-electron chi connectivity index (χ2n) is 6.86. The van der Waals surface area contributed by atoms with Crippen LogP contribution in [0.15, 0.2) is 55.0 Å². The minimum absolute atomic E-state index is 0.0938. The van der Waals surface area contributed by atoms with E-state index in [0.29, 0.717) is 35.9 Å². The average molecular weight is 422 g/mol. The van der Waals surface area contributed by atoms with Crippen LogP contribution in [-0.2, 0) is 9.53 Å². The number of pyridine rings is 2. The fourth-order valence-electron chi connectivity index (χ4n) is 3.57. The minimum Gasteiger partial charge on any atom is -0.455 e. The number of fused-ring (bicyclic) bond motifs is 1. The van der Waals surface area contributed by atoms with Crippen molar-refractivity contribution in [2.75, 3.05) is 13.3 Å². The number of nitrogens with zero attached hydrogens (tertiary/aromatic N) is 4. The number of rotatable bonds is 6. The van der Waals surface area contributed by atoms with Crippen LogP contribution in [0.3, 0.4) is 0 Å².